The van der Waals surface area contributed by atoms with Crippen LogP contribution in [0.3, 0.4) is 0 Å². The minimum absolute atomic E-state index is 0.727. The van der Waals surface area contributed by atoms with Gasteiger partial charge >= 0.3 is 0 Å². The molecule has 0 N–H and O–H groups in total. The maximum absolute atomic E-state index is 8.82. The molecule has 0 aliphatic rings. The molecule has 0 aliphatic carbocycles. The second-order valence-electron chi connectivity index (χ2n) is 4.10. The molecule has 1 aromatic rings. The first-order chi connectivity index (χ1) is 8.26. The Bertz CT molecular complexity index is 371. The number of nitrogens with zero attached hydrogens (tertiary/aromatic N) is 2. The average molecular weight is 232 g/mol. The highest BCUT2D eigenvalue weighted by Crippen LogP contribution is 2.07. The molecule has 3 heteroatoms. The fourth-order valence-corrected chi connectivity index (χ4v) is 1.71. The zero-order valence-electron chi connectivity index (χ0n) is 10.6. The molecule has 0 aliphatic heterocycles. The number of ether oxygens (including phenoxy) is 1. The van der Waals surface area contributed by atoms with Crippen LogP contribution in [0, 0.1) is 11.3 Å². The smallest absolute Gasteiger partial charge is 0.0991 e. The summed E-state index contributed by atoms with van der Waals surface area (Å²) in [5.41, 5.74) is 1.91. The Labute approximate surface area is 104 Å². The Morgan fingerprint density at radius 2 is 2.24 bits per heavy atom. The fourth-order valence-electron chi connectivity index (χ4n) is 1.71. The summed E-state index contributed by atoms with van der Waals surface area (Å²) in [6.45, 7) is 5.50. The van der Waals surface area contributed by atoms with Crippen molar-refractivity contribution in [3.63, 3.8) is 0 Å². The second-order valence-corrected chi connectivity index (χ2v) is 4.10. The lowest BCUT2D eigenvalue weighted by Crippen LogP contribution is -2.20. The first-order valence-corrected chi connectivity index (χ1v) is 6.01. The summed E-state index contributed by atoms with van der Waals surface area (Å²) in [5.74, 6) is 0. The highest BCUT2D eigenvalue weighted by Gasteiger charge is 2.01. The van der Waals surface area contributed by atoms with Gasteiger partial charge in [0.2, 0.25) is 0 Å². The highest BCUT2D eigenvalue weighted by atomic mass is 16.5. The van der Waals surface area contributed by atoms with Gasteiger partial charge in [0.15, 0.2) is 0 Å². The third kappa shape index (κ3) is 5.48. The third-order valence-electron chi connectivity index (χ3n) is 2.54. The molecule has 0 saturated heterocycles. The minimum atomic E-state index is 0.727. The quantitative estimate of drug-likeness (QED) is 0.677. The van der Waals surface area contributed by atoms with Gasteiger partial charge in [0.1, 0.15) is 0 Å². The molecule has 0 saturated carbocycles. The van der Waals surface area contributed by atoms with Crippen molar-refractivity contribution in [3.05, 3.63) is 35.4 Å². The van der Waals surface area contributed by atoms with Crippen molar-refractivity contribution in [2.45, 2.75) is 19.9 Å². The van der Waals surface area contributed by atoms with E-state index in [2.05, 4.69) is 24.1 Å². The molecular weight excluding hydrogens is 212 g/mol. The Balaban J connectivity index is 2.34. The molecule has 0 heterocycles. The average Bonchev–Trinajstić information content (AvgIpc) is 2.35. The number of hydrogen-bond acceptors (Lipinski definition) is 3. The van der Waals surface area contributed by atoms with Gasteiger partial charge in [-0.2, -0.15) is 5.26 Å². The van der Waals surface area contributed by atoms with Crippen LogP contribution in [-0.4, -0.2) is 31.7 Å². The Morgan fingerprint density at radius 1 is 1.41 bits per heavy atom. The van der Waals surface area contributed by atoms with E-state index in [1.807, 2.05) is 25.1 Å². The summed E-state index contributed by atoms with van der Waals surface area (Å²) in [4.78, 5) is 2.25. The molecule has 0 spiro atoms. The van der Waals surface area contributed by atoms with Gasteiger partial charge in [0.25, 0.3) is 0 Å². The summed E-state index contributed by atoms with van der Waals surface area (Å²) in [6.07, 6.45) is 1.04. The molecule has 17 heavy (non-hydrogen) atoms. The zero-order valence-corrected chi connectivity index (χ0v) is 10.6. The lowest BCUT2D eigenvalue weighted by Gasteiger charge is -2.16. The Hall–Kier alpha value is -1.37. The summed E-state index contributed by atoms with van der Waals surface area (Å²) in [5, 5.41) is 8.82. The molecule has 1 rings (SSSR count). The second kappa shape index (κ2) is 7.83. The van der Waals surface area contributed by atoms with Crippen LogP contribution in [0.2, 0.25) is 0 Å². The van der Waals surface area contributed by atoms with Gasteiger partial charge < -0.3 is 9.64 Å². The van der Waals surface area contributed by atoms with Gasteiger partial charge in [0.05, 0.1) is 11.6 Å². The summed E-state index contributed by atoms with van der Waals surface area (Å²) >= 11 is 0. The van der Waals surface area contributed by atoms with Crippen molar-refractivity contribution in [3.8, 4) is 6.07 Å². The largest absolute Gasteiger partial charge is 0.382 e. The SMILES string of the molecule is CCOCCCN(C)Cc1cccc(C#N)c1. The molecule has 0 unspecified atom stereocenters. The topological polar surface area (TPSA) is 36.3 Å². The molecule has 0 radical (unpaired) electrons. The van der Waals surface area contributed by atoms with Crippen LogP contribution in [0.15, 0.2) is 24.3 Å². The Morgan fingerprint density at radius 3 is 2.94 bits per heavy atom. The monoisotopic (exact) mass is 232 g/mol. The van der Waals surface area contributed by atoms with E-state index < -0.39 is 0 Å². The summed E-state index contributed by atoms with van der Waals surface area (Å²) in [7, 11) is 2.09. The van der Waals surface area contributed by atoms with Crippen molar-refractivity contribution in [2.75, 3.05) is 26.8 Å². The van der Waals surface area contributed by atoms with Crippen LogP contribution in [0.5, 0.6) is 0 Å². The lowest BCUT2D eigenvalue weighted by molar-refractivity contribution is 0.135. The zero-order chi connectivity index (χ0) is 12.5. The van der Waals surface area contributed by atoms with Crippen LogP contribution in [0.25, 0.3) is 0 Å². The van der Waals surface area contributed by atoms with Crippen LogP contribution in [0.4, 0.5) is 0 Å². The van der Waals surface area contributed by atoms with Gasteiger partial charge in [-0.1, -0.05) is 12.1 Å². The van der Waals surface area contributed by atoms with Gasteiger partial charge in [-0.3, -0.25) is 0 Å². The van der Waals surface area contributed by atoms with E-state index in [9.17, 15) is 0 Å². The molecule has 0 aromatic heterocycles. The molecule has 0 fully saturated rings. The van der Waals surface area contributed by atoms with Gasteiger partial charge in [-0.05, 0) is 38.1 Å². The molecule has 3 nitrogen and oxygen atoms in total. The van der Waals surface area contributed by atoms with Crippen molar-refractivity contribution in [2.24, 2.45) is 0 Å². The van der Waals surface area contributed by atoms with Gasteiger partial charge in [-0.15, -0.1) is 0 Å². The maximum atomic E-state index is 8.82. The van der Waals surface area contributed by atoms with Crippen LogP contribution in [0.1, 0.15) is 24.5 Å². The molecule has 92 valence electrons. The van der Waals surface area contributed by atoms with E-state index in [0.717, 1.165) is 38.3 Å². The van der Waals surface area contributed by atoms with E-state index in [-0.39, 0.29) is 0 Å². The number of rotatable bonds is 7. The van der Waals surface area contributed by atoms with E-state index in [1.165, 1.54) is 5.56 Å². The van der Waals surface area contributed by atoms with Crippen molar-refractivity contribution in [1.82, 2.24) is 4.90 Å². The van der Waals surface area contributed by atoms with E-state index >= 15 is 0 Å². The van der Waals surface area contributed by atoms with Crippen LogP contribution < -0.4 is 0 Å². The van der Waals surface area contributed by atoms with Crippen molar-refractivity contribution < 1.29 is 4.74 Å². The van der Waals surface area contributed by atoms with Crippen LogP contribution in [-0.2, 0) is 11.3 Å². The van der Waals surface area contributed by atoms with Gasteiger partial charge in [-0.25, -0.2) is 0 Å². The number of benzene rings is 1. The molecular formula is C14H20N2O. The highest BCUT2D eigenvalue weighted by molar-refractivity contribution is 5.32. The van der Waals surface area contributed by atoms with E-state index in [0.29, 0.717) is 0 Å². The van der Waals surface area contributed by atoms with E-state index in [4.69, 9.17) is 10.00 Å². The summed E-state index contributed by atoms with van der Waals surface area (Å²) < 4.78 is 5.30. The molecule has 0 amide bonds. The Kier molecular flexibility index (Phi) is 6.31. The molecule has 0 atom stereocenters. The van der Waals surface area contributed by atoms with Gasteiger partial charge in [0, 0.05) is 26.3 Å². The fraction of sp³-hybridized carbons (Fsp3) is 0.500. The minimum Gasteiger partial charge on any atom is -0.382 e. The standard InChI is InChI=1S/C14H20N2O/c1-3-17-9-5-8-16(2)12-14-7-4-6-13(10-14)11-15/h4,6-7,10H,3,5,8-9,12H2,1-2H3. The number of nitriles is 1. The maximum Gasteiger partial charge on any atom is 0.0991 e. The number of hydrogen-bond donors (Lipinski definition) is 0. The normalized spacial score (nSPS) is 10.5. The van der Waals surface area contributed by atoms with E-state index in [1.54, 1.807) is 0 Å². The van der Waals surface area contributed by atoms with Crippen LogP contribution >= 0.6 is 0 Å². The first kappa shape index (κ1) is 13.7. The predicted octanol–water partition coefficient (Wildman–Crippen LogP) is 2.42. The van der Waals surface area contributed by atoms with Crippen molar-refractivity contribution in [1.29, 1.82) is 5.26 Å². The summed E-state index contributed by atoms with van der Waals surface area (Å²) in [6, 6.07) is 9.93. The van der Waals surface area contributed by atoms with Crippen molar-refractivity contribution >= 4 is 0 Å². The predicted molar refractivity (Wildman–Crippen MR) is 68.6 cm³/mol. The third-order valence-corrected chi connectivity index (χ3v) is 2.54. The lowest BCUT2D eigenvalue weighted by atomic mass is 10.1. The first-order valence-electron chi connectivity index (χ1n) is 6.01. The molecule has 0 bridgehead atoms. The molecule has 1 aromatic carbocycles.